The average Bonchev–Trinajstić information content (AvgIpc) is 3.57. The van der Waals surface area contributed by atoms with Crippen LogP contribution >= 0.6 is 0 Å². The van der Waals surface area contributed by atoms with Gasteiger partial charge in [-0.05, 0) is 60.1 Å². The van der Waals surface area contributed by atoms with Crippen molar-refractivity contribution in [1.82, 2.24) is 30.2 Å². The molecule has 1 aliphatic rings. The molecule has 2 heterocycles. The van der Waals surface area contributed by atoms with Gasteiger partial charge in [0.2, 0.25) is 11.7 Å². The molecule has 1 fully saturated rings. The minimum Gasteiger partial charge on any atom is -0.324 e. The van der Waals surface area contributed by atoms with Crippen molar-refractivity contribution < 1.29 is 8.78 Å². The largest absolute Gasteiger partial charge is 0.324 e. The monoisotopic (exact) mass is 498 g/mol. The van der Waals surface area contributed by atoms with E-state index < -0.39 is 5.92 Å². The van der Waals surface area contributed by atoms with Crippen LogP contribution in [0.2, 0.25) is 0 Å². The van der Waals surface area contributed by atoms with Crippen LogP contribution in [0.4, 0.5) is 8.78 Å². The first-order chi connectivity index (χ1) is 18.1. The van der Waals surface area contributed by atoms with Gasteiger partial charge in [0.25, 0.3) is 0 Å². The Labute approximate surface area is 213 Å². The lowest BCUT2D eigenvalue weighted by Gasteiger charge is -2.29. The maximum atomic E-state index is 14.2. The molecular formula is C29H28F2N6. The number of H-pyrrole nitrogens is 1. The number of fused-ring (bicyclic) bond motifs is 1. The van der Waals surface area contributed by atoms with E-state index in [1.54, 1.807) is 0 Å². The predicted octanol–water partition coefficient (Wildman–Crippen LogP) is 6.49. The highest BCUT2D eigenvalue weighted by molar-refractivity contribution is 5.81. The van der Waals surface area contributed by atoms with Crippen LogP contribution in [0.15, 0.2) is 72.8 Å². The number of para-hydroxylation sites is 2. The van der Waals surface area contributed by atoms with Crippen LogP contribution in [0.1, 0.15) is 36.8 Å². The van der Waals surface area contributed by atoms with E-state index in [1.165, 1.54) is 11.1 Å². The highest BCUT2D eigenvalue weighted by atomic mass is 19.3. The highest BCUT2D eigenvalue weighted by Gasteiger charge is 2.36. The molecule has 0 amide bonds. The summed E-state index contributed by atoms with van der Waals surface area (Å²) in [6.45, 7) is 0.553. The fraction of sp³-hybridized carbons (Fsp3) is 0.310. The van der Waals surface area contributed by atoms with E-state index in [0.29, 0.717) is 18.8 Å². The number of benzene rings is 3. The van der Waals surface area contributed by atoms with Gasteiger partial charge < -0.3 is 4.57 Å². The number of halogens is 2. The number of imidazole rings is 1. The third kappa shape index (κ3) is 5.01. The van der Waals surface area contributed by atoms with Gasteiger partial charge in [-0.2, -0.15) is 5.21 Å². The van der Waals surface area contributed by atoms with Crippen LogP contribution in [0.25, 0.3) is 33.8 Å². The maximum absolute atomic E-state index is 14.2. The highest BCUT2D eigenvalue weighted by Crippen LogP contribution is 2.39. The topological polar surface area (TPSA) is 72.3 Å². The quantitative estimate of drug-likeness (QED) is 0.278. The molecule has 6 nitrogen and oxygen atoms in total. The Morgan fingerprint density at radius 3 is 2.57 bits per heavy atom. The van der Waals surface area contributed by atoms with Gasteiger partial charge >= 0.3 is 0 Å². The molecule has 0 aliphatic heterocycles. The van der Waals surface area contributed by atoms with E-state index in [0.717, 1.165) is 47.2 Å². The zero-order chi connectivity index (χ0) is 25.2. The third-order valence-electron chi connectivity index (χ3n) is 7.34. The molecule has 1 unspecified atom stereocenters. The molecule has 6 rings (SSSR count). The second-order valence-electron chi connectivity index (χ2n) is 9.94. The number of hydrogen-bond donors (Lipinski definition) is 1. The van der Waals surface area contributed by atoms with Gasteiger partial charge in [-0.15, -0.1) is 10.2 Å². The van der Waals surface area contributed by atoms with Crippen LogP contribution in [0.3, 0.4) is 0 Å². The van der Waals surface area contributed by atoms with Crippen molar-refractivity contribution >= 4 is 11.0 Å². The molecule has 37 heavy (non-hydrogen) atoms. The molecule has 1 N–H and O–H groups in total. The van der Waals surface area contributed by atoms with Crippen LogP contribution in [-0.2, 0) is 19.4 Å². The summed E-state index contributed by atoms with van der Waals surface area (Å²) in [5.74, 6) is -1.20. The molecule has 0 bridgehead atoms. The molecular weight excluding hydrogens is 470 g/mol. The first kappa shape index (κ1) is 23.5. The van der Waals surface area contributed by atoms with Crippen molar-refractivity contribution in [3.05, 3.63) is 83.9 Å². The van der Waals surface area contributed by atoms with Gasteiger partial charge in [-0.1, -0.05) is 60.7 Å². The Kier molecular flexibility index (Phi) is 6.24. The molecule has 0 spiro atoms. The van der Waals surface area contributed by atoms with E-state index in [9.17, 15) is 8.78 Å². The van der Waals surface area contributed by atoms with E-state index in [1.807, 2.05) is 48.5 Å². The fourth-order valence-electron chi connectivity index (χ4n) is 5.50. The van der Waals surface area contributed by atoms with Crippen LogP contribution in [0.5, 0.6) is 0 Å². The molecule has 0 radical (unpaired) electrons. The van der Waals surface area contributed by atoms with E-state index >= 15 is 0 Å². The summed E-state index contributed by atoms with van der Waals surface area (Å²) >= 11 is 0. The number of aryl methyl sites for hydroxylation is 2. The Balaban J connectivity index is 1.29. The van der Waals surface area contributed by atoms with E-state index in [-0.39, 0.29) is 18.8 Å². The van der Waals surface area contributed by atoms with E-state index in [2.05, 4.69) is 49.5 Å². The summed E-state index contributed by atoms with van der Waals surface area (Å²) in [4.78, 5) is 4.99. The Hall–Kier alpha value is -3.94. The molecule has 0 saturated heterocycles. The molecule has 1 aliphatic carbocycles. The third-order valence-corrected chi connectivity index (χ3v) is 7.34. The van der Waals surface area contributed by atoms with Gasteiger partial charge in [-0.25, -0.2) is 13.8 Å². The van der Waals surface area contributed by atoms with Gasteiger partial charge in [0.15, 0.2) is 0 Å². The van der Waals surface area contributed by atoms with Gasteiger partial charge in [0.05, 0.1) is 11.0 Å². The Bertz CT molecular complexity index is 1490. The molecule has 1 saturated carbocycles. The molecule has 2 aromatic heterocycles. The van der Waals surface area contributed by atoms with Gasteiger partial charge in [0.1, 0.15) is 5.82 Å². The maximum Gasteiger partial charge on any atom is 0.248 e. The van der Waals surface area contributed by atoms with Crippen molar-refractivity contribution in [3.8, 4) is 22.8 Å². The van der Waals surface area contributed by atoms with Crippen molar-refractivity contribution in [1.29, 1.82) is 0 Å². The summed E-state index contributed by atoms with van der Waals surface area (Å²) in [7, 11) is 0. The summed E-state index contributed by atoms with van der Waals surface area (Å²) in [5.41, 5.74) is 6.27. The Morgan fingerprint density at radius 1 is 0.946 bits per heavy atom. The first-order valence-electron chi connectivity index (χ1n) is 12.8. The SMILES string of the molecule is FC1(F)CCCC(Cn2c(-c3ccccc3CCc3ccc(-c4nn[nH]n4)cc3)nc3ccccc32)C1. The fourth-order valence-corrected chi connectivity index (χ4v) is 5.50. The number of nitrogens with zero attached hydrogens (tertiary/aromatic N) is 5. The minimum atomic E-state index is -2.57. The zero-order valence-corrected chi connectivity index (χ0v) is 20.4. The average molecular weight is 499 g/mol. The Morgan fingerprint density at radius 2 is 1.76 bits per heavy atom. The normalized spacial score (nSPS) is 17.3. The van der Waals surface area contributed by atoms with Crippen LogP contribution in [-0.4, -0.2) is 36.1 Å². The number of nitrogens with one attached hydrogen (secondary N) is 1. The van der Waals surface area contributed by atoms with Crippen molar-refractivity contribution in [2.45, 2.75) is 51.0 Å². The number of hydrogen-bond acceptors (Lipinski definition) is 4. The number of aromatic nitrogens is 6. The number of tetrazole rings is 1. The lowest BCUT2D eigenvalue weighted by Crippen LogP contribution is -2.28. The van der Waals surface area contributed by atoms with Crippen molar-refractivity contribution in [2.75, 3.05) is 0 Å². The smallest absolute Gasteiger partial charge is 0.248 e. The van der Waals surface area contributed by atoms with Crippen LogP contribution < -0.4 is 0 Å². The minimum absolute atomic E-state index is 0.0000511. The molecule has 3 aromatic carbocycles. The van der Waals surface area contributed by atoms with Gasteiger partial charge in [0, 0.05) is 30.5 Å². The number of rotatable bonds is 7. The standard InChI is InChI=1S/C29H28F2N6/c30-29(31)17-5-6-21(18-29)19-37-26-10-4-3-9-25(26)32-28(37)24-8-2-1-7-22(24)14-11-20-12-15-23(16-13-20)27-33-35-36-34-27/h1-4,7-10,12-13,15-16,21H,5-6,11,14,17-19H2,(H,33,34,35,36). The number of alkyl halides is 2. The predicted molar refractivity (Wildman–Crippen MR) is 139 cm³/mol. The second-order valence-corrected chi connectivity index (χ2v) is 9.94. The molecule has 8 heteroatoms. The molecule has 5 aromatic rings. The lowest BCUT2D eigenvalue weighted by atomic mass is 9.86. The summed E-state index contributed by atoms with van der Waals surface area (Å²) in [6, 6.07) is 24.5. The van der Waals surface area contributed by atoms with Crippen molar-refractivity contribution in [3.63, 3.8) is 0 Å². The second kappa shape index (κ2) is 9.84. The van der Waals surface area contributed by atoms with E-state index in [4.69, 9.17) is 4.98 Å². The van der Waals surface area contributed by atoms with Gasteiger partial charge in [-0.3, -0.25) is 0 Å². The molecule has 1 atom stereocenters. The lowest BCUT2D eigenvalue weighted by molar-refractivity contribution is -0.0545. The number of aromatic amines is 1. The summed E-state index contributed by atoms with van der Waals surface area (Å²) in [5, 5.41) is 14.2. The summed E-state index contributed by atoms with van der Waals surface area (Å²) < 4.78 is 30.6. The molecule has 188 valence electrons. The first-order valence-corrected chi connectivity index (χ1v) is 12.8. The van der Waals surface area contributed by atoms with Crippen LogP contribution in [0, 0.1) is 5.92 Å². The van der Waals surface area contributed by atoms with Crippen molar-refractivity contribution in [2.24, 2.45) is 5.92 Å². The summed E-state index contributed by atoms with van der Waals surface area (Å²) in [6.07, 6.45) is 3.03. The zero-order valence-electron chi connectivity index (χ0n) is 20.4.